The van der Waals surface area contributed by atoms with Crippen LogP contribution in [0.2, 0.25) is 0 Å². The van der Waals surface area contributed by atoms with E-state index in [0.717, 1.165) is 23.7 Å². The highest BCUT2D eigenvalue weighted by Crippen LogP contribution is 2.55. The third kappa shape index (κ3) is 3.99. The van der Waals surface area contributed by atoms with Crippen LogP contribution in [0.25, 0.3) is 0 Å². The predicted octanol–water partition coefficient (Wildman–Crippen LogP) is 6.60. The van der Waals surface area contributed by atoms with Gasteiger partial charge in [-0.3, -0.25) is 0 Å². The number of rotatable bonds is 6. The fraction of sp³-hybridized carbons (Fsp3) is 0.739. The maximum Gasteiger partial charge on any atom is 0.127 e. The molecule has 1 saturated carbocycles. The Bertz CT molecular complexity index is 590. The Kier molecular flexibility index (Phi) is 5.65. The number of phenolic OH excluding ortho intramolecular Hbond substituents is 1. The molecule has 1 aliphatic heterocycles. The van der Waals surface area contributed by atoms with E-state index in [1.807, 2.05) is 6.07 Å². The Balaban J connectivity index is 1.80. The van der Waals surface area contributed by atoms with E-state index in [1.54, 1.807) is 0 Å². The van der Waals surface area contributed by atoms with Gasteiger partial charge in [-0.25, -0.2) is 0 Å². The molecule has 1 fully saturated rings. The highest BCUT2D eigenvalue weighted by Gasteiger charge is 2.47. The number of hydrogen-bond acceptors (Lipinski definition) is 2. The first kappa shape index (κ1) is 18.6. The van der Waals surface area contributed by atoms with Crippen molar-refractivity contribution in [1.29, 1.82) is 0 Å². The lowest BCUT2D eigenvalue weighted by atomic mass is 9.64. The zero-order valence-electron chi connectivity index (χ0n) is 16.6. The van der Waals surface area contributed by atoms with Crippen LogP contribution in [0.4, 0.5) is 0 Å². The molecule has 25 heavy (non-hydrogen) atoms. The molecule has 1 aliphatic carbocycles. The van der Waals surface area contributed by atoms with Gasteiger partial charge in [-0.05, 0) is 69.1 Å². The number of hydrogen-bond donors (Lipinski definition) is 1. The van der Waals surface area contributed by atoms with Crippen molar-refractivity contribution in [2.24, 2.45) is 11.8 Å². The monoisotopic (exact) mass is 344 g/mol. The van der Waals surface area contributed by atoms with Gasteiger partial charge in [0.05, 0.1) is 0 Å². The molecule has 1 N–H and O–H groups in total. The first-order valence-electron chi connectivity index (χ1n) is 10.5. The van der Waals surface area contributed by atoms with Crippen molar-refractivity contribution < 1.29 is 9.84 Å². The van der Waals surface area contributed by atoms with Crippen LogP contribution in [0.3, 0.4) is 0 Å². The average Bonchev–Trinajstić information content (AvgIpc) is 2.53. The summed E-state index contributed by atoms with van der Waals surface area (Å²) >= 11 is 0. The van der Waals surface area contributed by atoms with Gasteiger partial charge in [0.1, 0.15) is 17.1 Å². The van der Waals surface area contributed by atoms with Gasteiger partial charge in [-0.15, -0.1) is 0 Å². The molecule has 0 radical (unpaired) electrons. The molecule has 1 aromatic carbocycles. The standard InChI is InChI=1S/C23H36O2/c1-5-6-7-8-9-10-17-14-20(24)22-18-13-16(2)11-12-19(18)23(3,4)25-21(22)15-17/h14-16,18-19,24H,5-13H2,1-4H3/t16-,18-,19-/m0/s1. The minimum absolute atomic E-state index is 0.135. The van der Waals surface area contributed by atoms with Crippen LogP contribution < -0.4 is 4.74 Å². The molecule has 3 atom stereocenters. The third-order valence-electron chi connectivity index (χ3n) is 6.50. The number of aryl methyl sites for hydroxylation is 1. The lowest BCUT2D eigenvalue weighted by Gasteiger charge is -2.48. The van der Waals surface area contributed by atoms with E-state index in [-0.39, 0.29) is 5.60 Å². The number of fused-ring (bicyclic) bond motifs is 3. The molecular weight excluding hydrogens is 308 g/mol. The van der Waals surface area contributed by atoms with Gasteiger partial charge in [-0.1, -0.05) is 46.0 Å². The average molecular weight is 345 g/mol. The molecule has 0 unspecified atom stereocenters. The molecule has 2 aliphatic rings. The second kappa shape index (κ2) is 7.60. The Morgan fingerprint density at radius 1 is 1.12 bits per heavy atom. The summed E-state index contributed by atoms with van der Waals surface area (Å²) in [7, 11) is 0. The van der Waals surface area contributed by atoms with E-state index >= 15 is 0 Å². The van der Waals surface area contributed by atoms with Crippen LogP contribution in [0, 0.1) is 11.8 Å². The van der Waals surface area contributed by atoms with Crippen LogP contribution in [0.1, 0.15) is 96.1 Å². The molecule has 3 rings (SSSR count). The summed E-state index contributed by atoms with van der Waals surface area (Å²) in [6, 6.07) is 4.22. The van der Waals surface area contributed by atoms with Crippen molar-refractivity contribution in [3.63, 3.8) is 0 Å². The van der Waals surface area contributed by atoms with E-state index in [0.29, 0.717) is 17.6 Å². The summed E-state index contributed by atoms with van der Waals surface area (Å²) in [4.78, 5) is 0. The quantitative estimate of drug-likeness (QED) is 0.589. The Morgan fingerprint density at radius 3 is 2.64 bits per heavy atom. The van der Waals surface area contributed by atoms with Crippen LogP contribution in [0.5, 0.6) is 11.5 Å². The van der Waals surface area contributed by atoms with Crippen LogP contribution >= 0.6 is 0 Å². The largest absolute Gasteiger partial charge is 0.508 e. The van der Waals surface area contributed by atoms with Crippen LogP contribution in [-0.2, 0) is 6.42 Å². The minimum atomic E-state index is -0.135. The van der Waals surface area contributed by atoms with E-state index < -0.39 is 0 Å². The van der Waals surface area contributed by atoms with E-state index in [1.165, 1.54) is 56.9 Å². The molecule has 1 heterocycles. The molecular formula is C23H36O2. The van der Waals surface area contributed by atoms with Gasteiger partial charge in [0.2, 0.25) is 0 Å². The van der Waals surface area contributed by atoms with Crippen LogP contribution in [0.15, 0.2) is 12.1 Å². The van der Waals surface area contributed by atoms with Crippen LogP contribution in [-0.4, -0.2) is 10.7 Å². The smallest absolute Gasteiger partial charge is 0.127 e. The van der Waals surface area contributed by atoms with Gasteiger partial charge < -0.3 is 9.84 Å². The number of ether oxygens (including phenoxy) is 1. The van der Waals surface area contributed by atoms with Crippen molar-refractivity contribution >= 4 is 0 Å². The number of unbranched alkanes of at least 4 members (excludes halogenated alkanes) is 4. The second-order valence-corrected chi connectivity index (χ2v) is 9.03. The molecule has 0 spiro atoms. The first-order chi connectivity index (χ1) is 11.9. The molecule has 0 amide bonds. The summed E-state index contributed by atoms with van der Waals surface area (Å²) < 4.78 is 6.43. The van der Waals surface area contributed by atoms with Gasteiger partial charge in [0.15, 0.2) is 0 Å². The highest BCUT2D eigenvalue weighted by molar-refractivity contribution is 5.52. The van der Waals surface area contributed by atoms with Crippen molar-refractivity contribution in [3.8, 4) is 11.5 Å². The number of benzene rings is 1. The molecule has 0 saturated heterocycles. The zero-order chi connectivity index (χ0) is 18.0. The van der Waals surface area contributed by atoms with E-state index in [2.05, 4.69) is 33.8 Å². The lowest BCUT2D eigenvalue weighted by molar-refractivity contribution is -0.0145. The predicted molar refractivity (Wildman–Crippen MR) is 105 cm³/mol. The van der Waals surface area contributed by atoms with E-state index in [9.17, 15) is 5.11 Å². The van der Waals surface area contributed by atoms with Crippen molar-refractivity contribution in [2.75, 3.05) is 0 Å². The fourth-order valence-corrected chi connectivity index (χ4v) is 5.09. The second-order valence-electron chi connectivity index (χ2n) is 9.03. The fourth-order valence-electron chi connectivity index (χ4n) is 5.09. The van der Waals surface area contributed by atoms with Crippen molar-refractivity contribution in [1.82, 2.24) is 0 Å². The molecule has 0 bridgehead atoms. The molecule has 1 aromatic rings. The maximum atomic E-state index is 10.8. The molecule has 2 nitrogen and oxygen atoms in total. The molecule has 0 aromatic heterocycles. The van der Waals surface area contributed by atoms with E-state index in [4.69, 9.17) is 4.74 Å². The minimum Gasteiger partial charge on any atom is -0.508 e. The lowest BCUT2D eigenvalue weighted by Crippen LogP contribution is -2.46. The first-order valence-corrected chi connectivity index (χ1v) is 10.5. The number of phenols is 1. The Morgan fingerprint density at radius 2 is 1.88 bits per heavy atom. The maximum absolute atomic E-state index is 10.8. The van der Waals surface area contributed by atoms with Gasteiger partial charge in [0, 0.05) is 11.5 Å². The molecule has 140 valence electrons. The summed E-state index contributed by atoms with van der Waals surface area (Å²) in [6.45, 7) is 9.07. The summed E-state index contributed by atoms with van der Waals surface area (Å²) in [6.07, 6.45) is 11.1. The summed E-state index contributed by atoms with van der Waals surface area (Å²) in [5.41, 5.74) is 2.18. The Hall–Kier alpha value is -1.18. The summed E-state index contributed by atoms with van der Waals surface area (Å²) in [5.74, 6) is 3.12. The van der Waals surface area contributed by atoms with Gasteiger partial charge >= 0.3 is 0 Å². The third-order valence-corrected chi connectivity index (χ3v) is 6.50. The molecule has 2 heteroatoms. The van der Waals surface area contributed by atoms with Crippen molar-refractivity contribution in [2.45, 2.75) is 97.0 Å². The topological polar surface area (TPSA) is 29.5 Å². The highest BCUT2D eigenvalue weighted by atomic mass is 16.5. The summed E-state index contributed by atoms with van der Waals surface area (Å²) in [5, 5.41) is 10.8. The Labute approximate surface area is 154 Å². The normalized spacial score (nSPS) is 27.3. The van der Waals surface area contributed by atoms with Crippen molar-refractivity contribution in [3.05, 3.63) is 23.3 Å². The van der Waals surface area contributed by atoms with Gasteiger partial charge in [0.25, 0.3) is 0 Å². The zero-order valence-corrected chi connectivity index (χ0v) is 16.6. The van der Waals surface area contributed by atoms with Gasteiger partial charge in [-0.2, -0.15) is 0 Å². The SMILES string of the molecule is CCCCCCCc1cc(O)c2c(c1)OC(C)(C)[C@H]1CC[C@H](C)C[C@H]21. The number of aromatic hydroxyl groups is 1.